The molecule has 0 atom stereocenters. The second kappa shape index (κ2) is 5.61. The summed E-state index contributed by atoms with van der Waals surface area (Å²) in [6.45, 7) is 6.87. The van der Waals surface area contributed by atoms with Gasteiger partial charge in [-0.2, -0.15) is 0 Å². The summed E-state index contributed by atoms with van der Waals surface area (Å²) in [5.41, 5.74) is 0.435. The number of imide groups is 1. The van der Waals surface area contributed by atoms with Crippen molar-refractivity contribution < 1.29 is 14.4 Å². The normalized spacial score (nSPS) is 15.2. The van der Waals surface area contributed by atoms with Gasteiger partial charge in [-0.15, -0.1) is 0 Å². The Balaban J connectivity index is 2.50. The van der Waals surface area contributed by atoms with Gasteiger partial charge < -0.3 is 4.90 Å². The molecule has 0 saturated heterocycles. The van der Waals surface area contributed by atoms with Crippen molar-refractivity contribution in [2.75, 3.05) is 19.6 Å². The van der Waals surface area contributed by atoms with E-state index in [-0.39, 0.29) is 30.7 Å². The minimum absolute atomic E-state index is 0.0276. The molecule has 0 aliphatic carbocycles. The van der Waals surface area contributed by atoms with E-state index in [0.717, 1.165) is 4.90 Å². The molecule has 0 radical (unpaired) electrons. The molecule has 5 nitrogen and oxygen atoms in total. The zero-order chi connectivity index (χ0) is 13.0. The highest BCUT2D eigenvalue weighted by molar-refractivity contribution is 6.15. The SMILES string of the molecule is CCN(CC)C(=O)CCN1C(=O)C=C(C)C1=O. The minimum atomic E-state index is -0.320. The summed E-state index contributed by atoms with van der Waals surface area (Å²) in [5, 5.41) is 0. The monoisotopic (exact) mass is 238 g/mol. The van der Waals surface area contributed by atoms with Gasteiger partial charge in [0.1, 0.15) is 0 Å². The van der Waals surface area contributed by atoms with E-state index in [2.05, 4.69) is 0 Å². The van der Waals surface area contributed by atoms with Crippen LogP contribution in [0.3, 0.4) is 0 Å². The van der Waals surface area contributed by atoms with Crippen molar-refractivity contribution in [2.45, 2.75) is 27.2 Å². The highest BCUT2D eigenvalue weighted by atomic mass is 16.2. The lowest BCUT2D eigenvalue weighted by Crippen LogP contribution is -2.37. The van der Waals surface area contributed by atoms with Crippen LogP contribution in [0.15, 0.2) is 11.6 Å². The fraction of sp³-hybridized carbons (Fsp3) is 0.583. The van der Waals surface area contributed by atoms with Gasteiger partial charge in [0.15, 0.2) is 0 Å². The zero-order valence-electron chi connectivity index (χ0n) is 10.5. The number of hydrogen-bond donors (Lipinski definition) is 0. The minimum Gasteiger partial charge on any atom is -0.343 e. The fourth-order valence-corrected chi connectivity index (χ4v) is 1.79. The van der Waals surface area contributed by atoms with Gasteiger partial charge in [-0.1, -0.05) is 0 Å². The maximum absolute atomic E-state index is 11.7. The number of hydrogen-bond acceptors (Lipinski definition) is 3. The van der Waals surface area contributed by atoms with Crippen molar-refractivity contribution in [1.82, 2.24) is 9.80 Å². The summed E-state index contributed by atoms with van der Waals surface area (Å²) in [7, 11) is 0. The Kier molecular flexibility index (Phi) is 4.43. The first-order chi connectivity index (χ1) is 8.01. The molecule has 0 spiro atoms. The number of nitrogens with zero attached hydrogens (tertiary/aromatic N) is 2. The zero-order valence-corrected chi connectivity index (χ0v) is 10.5. The molecule has 0 bridgehead atoms. The highest BCUT2D eigenvalue weighted by Gasteiger charge is 2.28. The van der Waals surface area contributed by atoms with Crippen LogP contribution in [-0.2, 0) is 14.4 Å². The van der Waals surface area contributed by atoms with Crippen LogP contribution in [0.2, 0.25) is 0 Å². The van der Waals surface area contributed by atoms with E-state index in [4.69, 9.17) is 0 Å². The second-order valence-corrected chi connectivity index (χ2v) is 3.94. The second-order valence-electron chi connectivity index (χ2n) is 3.94. The number of amides is 3. The molecular weight excluding hydrogens is 220 g/mol. The molecule has 1 aliphatic heterocycles. The molecule has 0 saturated carbocycles. The summed E-state index contributed by atoms with van der Waals surface area (Å²) in [4.78, 5) is 37.5. The molecular formula is C12H18N2O3. The number of rotatable bonds is 5. The smallest absolute Gasteiger partial charge is 0.256 e. The van der Waals surface area contributed by atoms with E-state index in [1.807, 2.05) is 13.8 Å². The molecule has 0 fully saturated rings. The van der Waals surface area contributed by atoms with Gasteiger partial charge in [0.2, 0.25) is 5.91 Å². The summed E-state index contributed by atoms with van der Waals surface area (Å²) < 4.78 is 0. The molecule has 94 valence electrons. The van der Waals surface area contributed by atoms with Crippen molar-refractivity contribution >= 4 is 17.7 Å². The van der Waals surface area contributed by atoms with Crippen LogP contribution < -0.4 is 0 Å². The maximum atomic E-state index is 11.7. The lowest BCUT2D eigenvalue weighted by atomic mass is 10.3. The van der Waals surface area contributed by atoms with Crippen LogP contribution >= 0.6 is 0 Å². The molecule has 0 aromatic rings. The van der Waals surface area contributed by atoms with Gasteiger partial charge in [0, 0.05) is 37.7 Å². The predicted molar refractivity (Wildman–Crippen MR) is 63.0 cm³/mol. The van der Waals surface area contributed by atoms with Gasteiger partial charge in [0.25, 0.3) is 11.8 Å². The Bertz CT molecular complexity index is 370. The first-order valence-electron chi connectivity index (χ1n) is 5.83. The first kappa shape index (κ1) is 13.4. The topological polar surface area (TPSA) is 57.7 Å². The van der Waals surface area contributed by atoms with Gasteiger partial charge in [-0.25, -0.2) is 0 Å². The lowest BCUT2D eigenvalue weighted by molar-refractivity contribution is -0.138. The summed E-state index contributed by atoms with van der Waals surface area (Å²) in [6.07, 6.45) is 1.50. The van der Waals surface area contributed by atoms with Crippen molar-refractivity contribution in [3.05, 3.63) is 11.6 Å². The van der Waals surface area contributed by atoms with E-state index in [1.54, 1.807) is 11.8 Å². The molecule has 5 heteroatoms. The Hall–Kier alpha value is -1.65. The van der Waals surface area contributed by atoms with E-state index < -0.39 is 0 Å². The average Bonchev–Trinajstić information content (AvgIpc) is 2.53. The standard InChI is InChI=1S/C12H18N2O3/c1-4-13(5-2)10(15)6-7-14-11(16)8-9(3)12(14)17/h8H,4-7H2,1-3H3. The summed E-state index contributed by atoms with van der Waals surface area (Å²) in [5.74, 6) is -0.637. The summed E-state index contributed by atoms with van der Waals surface area (Å²) >= 11 is 0. The van der Waals surface area contributed by atoms with Gasteiger partial charge >= 0.3 is 0 Å². The average molecular weight is 238 g/mol. The van der Waals surface area contributed by atoms with E-state index in [1.165, 1.54) is 6.08 Å². The molecule has 1 heterocycles. The van der Waals surface area contributed by atoms with Crippen LogP contribution in [0.25, 0.3) is 0 Å². The van der Waals surface area contributed by atoms with Crippen LogP contribution in [0.5, 0.6) is 0 Å². The molecule has 17 heavy (non-hydrogen) atoms. The molecule has 0 unspecified atom stereocenters. The Morgan fingerprint density at radius 3 is 2.29 bits per heavy atom. The Labute approximate surface area is 101 Å². The molecule has 3 amide bonds. The maximum Gasteiger partial charge on any atom is 0.256 e. The lowest BCUT2D eigenvalue weighted by Gasteiger charge is -2.20. The van der Waals surface area contributed by atoms with Gasteiger partial charge in [-0.3, -0.25) is 19.3 Å². The van der Waals surface area contributed by atoms with Crippen LogP contribution in [0.4, 0.5) is 0 Å². The first-order valence-corrected chi connectivity index (χ1v) is 5.83. The van der Waals surface area contributed by atoms with Crippen molar-refractivity contribution in [3.8, 4) is 0 Å². The van der Waals surface area contributed by atoms with Crippen molar-refractivity contribution in [2.24, 2.45) is 0 Å². The van der Waals surface area contributed by atoms with E-state index in [0.29, 0.717) is 18.7 Å². The number of carbonyl (C=O) groups excluding carboxylic acids is 3. The molecule has 0 aromatic carbocycles. The Morgan fingerprint density at radius 2 is 1.88 bits per heavy atom. The van der Waals surface area contributed by atoms with Crippen molar-refractivity contribution in [1.29, 1.82) is 0 Å². The van der Waals surface area contributed by atoms with Gasteiger partial charge in [-0.05, 0) is 20.8 Å². The molecule has 0 N–H and O–H groups in total. The third-order valence-electron chi connectivity index (χ3n) is 2.85. The van der Waals surface area contributed by atoms with E-state index >= 15 is 0 Å². The van der Waals surface area contributed by atoms with Crippen LogP contribution in [-0.4, -0.2) is 47.2 Å². The van der Waals surface area contributed by atoms with Crippen LogP contribution in [0, 0.1) is 0 Å². The quantitative estimate of drug-likeness (QED) is 0.658. The molecule has 0 aromatic heterocycles. The van der Waals surface area contributed by atoms with Crippen molar-refractivity contribution in [3.63, 3.8) is 0 Å². The summed E-state index contributed by atoms with van der Waals surface area (Å²) in [6, 6.07) is 0. The third kappa shape index (κ3) is 2.93. The highest BCUT2D eigenvalue weighted by Crippen LogP contribution is 2.12. The van der Waals surface area contributed by atoms with Crippen LogP contribution in [0.1, 0.15) is 27.2 Å². The molecule has 1 aliphatic rings. The molecule has 1 rings (SSSR count). The Morgan fingerprint density at radius 1 is 1.29 bits per heavy atom. The fourth-order valence-electron chi connectivity index (χ4n) is 1.79. The number of carbonyl (C=O) groups is 3. The largest absolute Gasteiger partial charge is 0.343 e. The van der Waals surface area contributed by atoms with E-state index in [9.17, 15) is 14.4 Å². The van der Waals surface area contributed by atoms with Gasteiger partial charge in [0.05, 0.1) is 0 Å². The third-order valence-corrected chi connectivity index (χ3v) is 2.85. The predicted octanol–water partition coefficient (Wildman–Crippen LogP) is 0.560.